The molecule has 0 spiro atoms. The van der Waals surface area contributed by atoms with Crippen LogP contribution in [0.2, 0.25) is 0 Å². The predicted molar refractivity (Wildman–Crippen MR) is 61.7 cm³/mol. The molecule has 0 unspecified atom stereocenters. The Balaban J connectivity index is 2.71. The first-order chi connectivity index (χ1) is 7.72. The maximum Gasteiger partial charge on any atom is 0.152 e. The predicted octanol–water partition coefficient (Wildman–Crippen LogP) is 2.63. The van der Waals surface area contributed by atoms with Gasteiger partial charge in [-0.1, -0.05) is 30.3 Å². The highest BCUT2D eigenvalue weighted by atomic mass is 14.9. The fourth-order valence-corrected chi connectivity index (χ4v) is 1.74. The van der Waals surface area contributed by atoms with E-state index in [-0.39, 0.29) is 0 Å². The minimum atomic E-state index is 0.441. The van der Waals surface area contributed by atoms with Gasteiger partial charge >= 0.3 is 0 Å². The normalized spacial score (nSPS) is 9.81. The Bertz CT molecular complexity index is 553. The van der Waals surface area contributed by atoms with Gasteiger partial charge in [0.2, 0.25) is 0 Å². The zero-order chi connectivity index (χ0) is 11.5. The van der Waals surface area contributed by atoms with Crippen molar-refractivity contribution in [1.29, 1.82) is 5.26 Å². The molecule has 1 heterocycles. The van der Waals surface area contributed by atoms with Gasteiger partial charge in [-0.2, -0.15) is 5.26 Å². The third-order valence-electron chi connectivity index (χ3n) is 2.37. The van der Waals surface area contributed by atoms with E-state index in [9.17, 15) is 0 Å². The van der Waals surface area contributed by atoms with E-state index in [2.05, 4.69) is 16.0 Å². The number of benzene rings is 1. The third kappa shape index (κ3) is 1.78. The molecule has 1 aromatic heterocycles. The molecule has 0 amide bonds. The molecule has 0 saturated heterocycles. The van der Waals surface area contributed by atoms with E-state index in [1.54, 1.807) is 6.92 Å². The number of hydrogen-bond donors (Lipinski definition) is 0. The molecule has 0 aliphatic heterocycles. The van der Waals surface area contributed by atoms with Crippen LogP contribution in [0.5, 0.6) is 0 Å². The van der Waals surface area contributed by atoms with Gasteiger partial charge in [-0.25, -0.2) is 9.97 Å². The highest BCUT2D eigenvalue weighted by Gasteiger charge is 2.11. The van der Waals surface area contributed by atoms with E-state index >= 15 is 0 Å². The first-order valence-electron chi connectivity index (χ1n) is 5.03. The Kier molecular flexibility index (Phi) is 2.65. The molecule has 0 radical (unpaired) electrons. The van der Waals surface area contributed by atoms with E-state index < -0.39 is 0 Å². The lowest BCUT2D eigenvalue weighted by Gasteiger charge is -2.07. The molecule has 0 N–H and O–H groups in total. The molecule has 2 rings (SSSR count). The first kappa shape index (κ1) is 10.3. The summed E-state index contributed by atoms with van der Waals surface area (Å²) in [7, 11) is 0. The number of aryl methyl sites for hydroxylation is 2. The van der Waals surface area contributed by atoms with Gasteiger partial charge in [0.1, 0.15) is 11.9 Å². The number of nitriles is 1. The molecule has 0 saturated carbocycles. The lowest BCUT2D eigenvalue weighted by Crippen LogP contribution is -1.99. The van der Waals surface area contributed by atoms with Crippen molar-refractivity contribution in [3.63, 3.8) is 0 Å². The summed E-state index contributed by atoms with van der Waals surface area (Å²) in [5.74, 6) is 0.633. The van der Waals surface area contributed by atoms with Crippen molar-refractivity contribution in [1.82, 2.24) is 9.97 Å². The molecule has 0 aliphatic rings. The Hall–Kier alpha value is -2.21. The average molecular weight is 209 g/mol. The molecular weight excluding hydrogens is 198 g/mol. The highest BCUT2D eigenvalue weighted by Crippen LogP contribution is 2.24. The summed E-state index contributed by atoms with van der Waals surface area (Å²) in [6, 6.07) is 11.9. The zero-order valence-corrected chi connectivity index (χ0v) is 9.23. The molecule has 0 atom stereocenters. The van der Waals surface area contributed by atoms with Crippen LogP contribution in [0, 0.1) is 25.2 Å². The highest BCUT2D eigenvalue weighted by molar-refractivity contribution is 5.70. The monoisotopic (exact) mass is 209 g/mol. The van der Waals surface area contributed by atoms with Crippen LogP contribution in [0.4, 0.5) is 0 Å². The largest absolute Gasteiger partial charge is 0.238 e. The summed E-state index contributed by atoms with van der Waals surface area (Å²) in [4.78, 5) is 8.45. The van der Waals surface area contributed by atoms with Crippen LogP contribution >= 0.6 is 0 Å². The maximum absolute atomic E-state index is 9.09. The first-order valence-corrected chi connectivity index (χ1v) is 5.03. The number of aromatic nitrogens is 2. The van der Waals surface area contributed by atoms with Gasteiger partial charge in [-0.3, -0.25) is 0 Å². The molecule has 0 aliphatic carbocycles. The van der Waals surface area contributed by atoms with Gasteiger partial charge < -0.3 is 0 Å². The second kappa shape index (κ2) is 4.11. The van der Waals surface area contributed by atoms with Gasteiger partial charge in [0, 0.05) is 5.56 Å². The van der Waals surface area contributed by atoms with Crippen molar-refractivity contribution in [2.24, 2.45) is 0 Å². The maximum atomic E-state index is 9.09. The summed E-state index contributed by atoms with van der Waals surface area (Å²) in [5.41, 5.74) is 3.09. The smallest absolute Gasteiger partial charge is 0.152 e. The molecule has 1 aromatic carbocycles. The average Bonchev–Trinajstić information content (AvgIpc) is 2.29. The molecule has 16 heavy (non-hydrogen) atoms. The summed E-state index contributed by atoms with van der Waals surface area (Å²) in [6.07, 6.45) is 0. The van der Waals surface area contributed by atoms with Crippen LogP contribution in [-0.2, 0) is 0 Å². The van der Waals surface area contributed by atoms with Crippen LogP contribution in [-0.4, -0.2) is 9.97 Å². The van der Waals surface area contributed by atoms with Crippen molar-refractivity contribution >= 4 is 0 Å². The third-order valence-corrected chi connectivity index (χ3v) is 2.37. The molecule has 2 aromatic rings. The van der Waals surface area contributed by atoms with Gasteiger partial charge in [0.05, 0.1) is 5.69 Å². The molecule has 78 valence electrons. The topological polar surface area (TPSA) is 49.6 Å². The lowest BCUT2D eigenvalue weighted by atomic mass is 10.0. The van der Waals surface area contributed by atoms with Crippen LogP contribution in [0.1, 0.15) is 17.2 Å². The molecule has 3 heteroatoms. The van der Waals surface area contributed by atoms with Crippen LogP contribution < -0.4 is 0 Å². The molecule has 0 bridgehead atoms. The van der Waals surface area contributed by atoms with Crippen molar-refractivity contribution in [3.05, 3.63) is 47.5 Å². The summed E-state index contributed by atoms with van der Waals surface area (Å²) in [5, 5.41) is 9.09. The van der Waals surface area contributed by atoms with E-state index in [0.717, 1.165) is 16.8 Å². The van der Waals surface area contributed by atoms with Crippen molar-refractivity contribution in [3.8, 4) is 17.2 Å². The van der Waals surface area contributed by atoms with Gasteiger partial charge in [0.25, 0.3) is 0 Å². The fraction of sp³-hybridized carbons (Fsp3) is 0.154. The molecule has 0 fully saturated rings. The van der Waals surface area contributed by atoms with E-state index in [1.165, 1.54) is 0 Å². The Morgan fingerprint density at radius 1 is 1.06 bits per heavy atom. The lowest BCUT2D eigenvalue weighted by molar-refractivity contribution is 1.00. The second-order valence-corrected chi connectivity index (χ2v) is 3.56. The van der Waals surface area contributed by atoms with E-state index in [0.29, 0.717) is 11.5 Å². The van der Waals surface area contributed by atoms with E-state index in [1.807, 2.05) is 37.3 Å². The minimum absolute atomic E-state index is 0.441. The van der Waals surface area contributed by atoms with Gasteiger partial charge in [-0.05, 0) is 19.4 Å². The van der Waals surface area contributed by atoms with Crippen molar-refractivity contribution < 1.29 is 0 Å². The Morgan fingerprint density at radius 3 is 2.38 bits per heavy atom. The molecular formula is C13H11N3. The minimum Gasteiger partial charge on any atom is -0.238 e. The summed E-state index contributed by atoms with van der Waals surface area (Å²) < 4.78 is 0. The van der Waals surface area contributed by atoms with Crippen molar-refractivity contribution in [2.75, 3.05) is 0 Å². The van der Waals surface area contributed by atoms with Gasteiger partial charge in [-0.15, -0.1) is 0 Å². The standard InChI is InChI=1S/C13H11N3/c1-9-13(11-6-4-3-5-7-11)12(8-14)16-10(2)15-9/h3-7H,1-2H3. The molecule has 3 nitrogen and oxygen atoms in total. The number of nitrogens with zero attached hydrogens (tertiary/aromatic N) is 3. The Labute approximate surface area is 94.4 Å². The van der Waals surface area contributed by atoms with Crippen LogP contribution in [0.15, 0.2) is 30.3 Å². The number of rotatable bonds is 1. The Morgan fingerprint density at radius 2 is 1.75 bits per heavy atom. The van der Waals surface area contributed by atoms with Gasteiger partial charge in [0.15, 0.2) is 5.69 Å². The van der Waals surface area contributed by atoms with E-state index in [4.69, 9.17) is 5.26 Å². The SMILES string of the molecule is Cc1nc(C)c(-c2ccccc2)c(C#N)n1. The quantitative estimate of drug-likeness (QED) is 0.725. The van der Waals surface area contributed by atoms with Crippen LogP contribution in [0.3, 0.4) is 0 Å². The summed E-state index contributed by atoms with van der Waals surface area (Å²) >= 11 is 0. The fourth-order valence-electron chi connectivity index (χ4n) is 1.74. The second-order valence-electron chi connectivity index (χ2n) is 3.56. The number of hydrogen-bond acceptors (Lipinski definition) is 3. The van der Waals surface area contributed by atoms with Crippen LogP contribution in [0.25, 0.3) is 11.1 Å². The summed E-state index contributed by atoms with van der Waals surface area (Å²) in [6.45, 7) is 3.69. The zero-order valence-electron chi connectivity index (χ0n) is 9.23. The van der Waals surface area contributed by atoms with Crippen molar-refractivity contribution in [2.45, 2.75) is 13.8 Å².